The Morgan fingerprint density at radius 2 is 2.07 bits per heavy atom. The van der Waals surface area contributed by atoms with E-state index in [0.29, 0.717) is 11.3 Å². The standard InChI is InChI=1S/C19H21F2N3O3/c1-10-15-16(23-22-10)12(18(26)27-4)8-24(9-19(15,2)3)17(25)11-5-6-13(20)14(21)7-11/h5-8,18,26H,9H2,1-4H3,(H,22,23). The predicted octanol–water partition coefficient (Wildman–Crippen LogP) is 2.74. The number of carbonyl (C=O) groups is 1. The van der Waals surface area contributed by atoms with Crippen LogP contribution in [0.15, 0.2) is 24.4 Å². The van der Waals surface area contributed by atoms with E-state index >= 15 is 0 Å². The molecule has 1 aromatic heterocycles. The van der Waals surface area contributed by atoms with Crippen LogP contribution in [0.4, 0.5) is 8.78 Å². The number of methoxy groups -OCH3 is 1. The van der Waals surface area contributed by atoms with Gasteiger partial charge < -0.3 is 14.7 Å². The topological polar surface area (TPSA) is 78.5 Å². The molecule has 1 aliphatic heterocycles. The monoisotopic (exact) mass is 377 g/mol. The normalized spacial score (nSPS) is 17.1. The molecule has 1 aliphatic rings. The Kier molecular flexibility index (Phi) is 4.88. The zero-order valence-corrected chi connectivity index (χ0v) is 15.5. The molecule has 1 atom stereocenters. The number of hydrogen-bond donors (Lipinski definition) is 2. The molecule has 2 N–H and O–H groups in total. The number of ether oxygens (including phenoxy) is 1. The number of H-pyrrole nitrogens is 1. The van der Waals surface area contributed by atoms with Gasteiger partial charge in [-0.2, -0.15) is 5.10 Å². The summed E-state index contributed by atoms with van der Waals surface area (Å²) in [6.45, 7) is 5.96. The first-order chi connectivity index (χ1) is 12.7. The molecule has 0 saturated carbocycles. The van der Waals surface area contributed by atoms with Crippen molar-refractivity contribution in [3.8, 4) is 0 Å². The maximum atomic E-state index is 13.6. The highest BCUT2D eigenvalue weighted by Gasteiger charge is 2.37. The van der Waals surface area contributed by atoms with E-state index in [1.165, 1.54) is 24.3 Å². The average molecular weight is 377 g/mol. The molecule has 0 radical (unpaired) electrons. The Labute approximate surface area is 155 Å². The number of hydrogen-bond acceptors (Lipinski definition) is 4. The van der Waals surface area contributed by atoms with Crippen molar-refractivity contribution < 1.29 is 23.4 Å². The lowest BCUT2D eigenvalue weighted by Crippen LogP contribution is -2.37. The molecule has 2 heterocycles. The summed E-state index contributed by atoms with van der Waals surface area (Å²) < 4.78 is 31.8. The number of aliphatic hydroxyl groups excluding tert-OH is 1. The molecule has 6 nitrogen and oxygen atoms in total. The summed E-state index contributed by atoms with van der Waals surface area (Å²) in [5.74, 6) is -2.63. The van der Waals surface area contributed by atoms with Gasteiger partial charge in [0.05, 0.1) is 11.4 Å². The van der Waals surface area contributed by atoms with E-state index < -0.39 is 29.2 Å². The van der Waals surface area contributed by atoms with Gasteiger partial charge in [0.2, 0.25) is 0 Å². The predicted molar refractivity (Wildman–Crippen MR) is 94.7 cm³/mol. The van der Waals surface area contributed by atoms with Gasteiger partial charge in [0.15, 0.2) is 17.9 Å². The van der Waals surface area contributed by atoms with Crippen LogP contribution in [0.5, 0.6) is 0 Å². The Morgan fingerprint density at radius 1 is 1.37 bits per heavy atom. The fourth-order valence-corrected chi connectivity index (χ4v) is 3.49. The van der Waals surface area contributed by atoms with E-state index in [0.717, 1.165) is 23.4 Å². The van der Waals surface area contributed by atoms with E-state index in [2.05, 4.69) is 10.2 Å². The third-order valence-corrected chi connectivity index (χ3v) is 4.69. The maximum Gasteiger partial charge on any atom is 0.257 e. The Bertz CT molecular complexity index is 921. The van der Waals surface area contributed by atoms with Crippen molar-refractivity contribution in [3.63, 3.8) is 0 Å². The number of fused-ring (bicyclic) bond motifs is 1. The van der Waals surface area contributed by atoms with Crippen molar-refractivity contribution >= 4 is 11.5 Å². The highest BCUT2D eigenvalue weighted by molar-refractivity contribution is 5.96. The zero-order valence-electron chi connectivity index (χ0n) is 15.5. The lowest BCUT2D eigenvalue weighted by molar-refractivity contribution is -0.0281. The minimum Gasteiger partial charge on any atom is -0.364 e. The Hall–Kier alpha value is -2.58. The fourth-order valence-electron chi connectivity index (χ4n) is 3.49. The van der Waals surface area contributed by atoms with Crippen LogP contribution in [0.1, 0.15) is 41.2 Å². The largest absolute Gasteiger partial charge is 0.364 e. The van der Waals surface area contributed by atoms with Gasteiger partial charge >= 0.3 is 0 Å². The second-order valence-electron chi connectivity index (χ2n) is 7.18. The summed E-state index contributed by atoms with van der Waals surface area (Å²) in [4.78, 5) is 14.3. The van der Waals surface area contributed by atoms with Gasteiger partial charge in [-0.15, -0.1) is 0 Å². The van der Waals surface area contributed by atoms with Gasteiger partial charge in [-0.25, -0.2) is 8.78 Å². The molecule has 0 bridgehead atoms. The molecule has 2 aromatic rings. The van der Waals surface area contributed by atoms with Gasteiger partial charge in [0.25, 0.3) is 5.91 Å². The summed E-state index contributed by atoms with van der Waals surface area (Å²) in [5.41, 5.74) is 1.98. The summed E-state index contributed by atoms with van der Waals surface area (Å²) in [6.07, 6.45) is 0.168. The quantitative estimate of drug-likeness (QED) is 0.807. The van der Waals surface area contributed by atoms with E-state index in [-0.39, 0.29) is 12.1 Å². The van der Waals surface area contributed by atoms with Crippen LogP contribution in [-0.4, -0.2) is 46.1 Å². The molecular weight excluding hydrogens is 356 g/mol. The molecule has 1 aromatic carbocycles. The Balaban J connectivity index is 2.11. The number of aromatic amines is 1. The highest BCUT2D eigenvalue weighted by Crippen LogP contribution is 2.37. The van der Waals surface area contributed by atoms with Gasteiger partial charge in [0, 0.05) is 42.0 Å². The van der Waals surface area contributed by atoms with Crippen molar-refractivity contribution in [2.75, 3.05) is 13.7 Å². The van der Waals surface area contributed by atoms with Crippen molar-refractivity contribution in [3.05, 3.63) is 58.5 Å². The Morgan fingerprint density at radius 3 is 2.70 bits per heavy atom. The number of aromatic nitrogens is 2. The SMILES string of the molecule is COC(O)C1=CN(C(=O)c2ccc(F)c(F)c2)CC(C)(C)c2c(C)n[nH]c21. The molecule has 144 valence electrons. The molecule has 0 saturated heterocycles. The zero-order chi connectivity index (χ0) is 19.9. The number of rotatable bonds is 3. The van der Waals surface area contributed by atoms with Crippen molar-refractivity contribution in [1.29, 1.82) is 0 Å². The lowest BCUT2D eigenvalue weighted by atomic mass is 9.82. The third kappa shape index (κ3) is 3.38. The molecule has 0 fully saturated rings. The number of halogens is 2. The van der Waals surface area contributed by atoms with Crippen LogP contribution in [0, 0.1) is 18.6 Å². The van der Waals surface area contributed by atoms with E-state index in [9.17, 15) is 18.7 Å². The van der Waals surface area contributed by atoms with Crippen LogP contribution in [0.25, 0.3) is 5.57 Å². The molecule has 27 heavy (non-hydrogen) atoms. The summed E-state index contributed by atoms with van der Waals surface area (Å²) >= 11 is 0. The molecule has 3 rings (SSSR count). The van der Waals surface area contributed by atoms with Crippen molar-refractivity contribution in [1.82, 2.24) is 15.1 Å². The first kappa shape index (κ1) is 19.2. The molecule has 0 spiro atoms. The van der Waals surface area contributed by atoms with Gasteiger partial charge in [-0.05, 0) is 25.1 Å². The summed E-state index contributed by atoms with van der Waals surface area (Å²) in [7, 11) is 1.34. The maximum absolute atomic E-state index is 13.6. The van der Waals surface area contributed by atoms with Gasteiger partial charge in [-0.3, -0.25) is 9.89 Å². The number of nitrogens with zero attached hydrogens (tertiary/aromatic N) is 2. The number of aryl methyl sites for hydroxylation is 1. The number of benzene rings is 1. The van der Waals surface area contributed by atoms with Gasteiger partial charge in [-0.1, -0.05) is 13.8 Å². The molecular formula is C19H21F2N3O3. The second kappa shape index (κ2) is 6.86. The summed E-state index contributed by atoms with van der Waals surface area (Å²) in [5, 5.41) is 17.4. The number of nitrogens with one attached hydrogen (secondary N) is 1. The van der Waals surface area contributed by atoms with Crippen LogP contribution in [-0.2, 0) is 10.2 Å². The minimum absolute atomic E-state index is 0.00705. The molecule has 8 heteroatoms. The first-order valence-corrected chi connectivity index (χ1v) is 8.40. The molecule has 1 unspecified atom stereocenters. The van der Waals surface area contributed by atoms with Crippen LogP contribution >= 0.6 is 0 Å². The number of aliphatic hydroxyl groups is 1. The minimum atomic E-state index is -1.29. The number of amides is 1. The van der Waals surface area contributed by atoms with E-state index in [4.69, 9.17) is 4.74 Å². The van der Waals surface area contributed by atoms with Crippen LogP contribution in [0.3, 0.4) is 0 Å². The first-order valence-electron chi connectivity index (χ1n) is 8.40. The van der Waals surface area contributed by atoms with Crippen LogP contribution in [0.2, 0.25) is 0 Å². The van der Waals surface area contributed by atoms with E-state index in [1.54, 1.807) is 0 Å². The smallest absolute Gasteiger partial charge is 0.257 e. The fraction of sp³-hybridized carbons (Fsp3) is 0.368. The molecule has 0 aliphatic carbocycles. The lowest BCUT2D eigenvalue weighted by Gasteiger charge is -2.29. The second-order valence-corrected chi connectivity index (χ2v) is 7.18. The highest BCUT2D eigenvalue weighted by atomic mass is 19.2. The van der Waals surface area contributed by atoms with Crippen molar-refractivity contribution in [2.45, 2.75) is 32.5 Å². The number of carbonyl (C=O) groups excluding carboxylic acids is 1. The molecule has 1 amide bonds. The van der Waals surface area contributed by atoms with Crippen molar-refractivity contribution in [2.24, 2.45) is 0 Å². The third-order valence-electron chi connectivity index (χ3n) is 4.69. The average Bonchev–Trinajstić information content (AvgIpc) is 2.96. The van der Waals surface area contributed by atoms with Crippen LogP contribution < -0.4 is 0 Å². The van der Waals surface area contributed by atoms with E-state index in [1.807, 2.05) is 20.8 Å². The summed E-state index contributed by atoms with van der Waals surface area (Å²) in [6, 6.07) is 3.00. The van der Waals surface area contributed by atoms with Gasteiger partial charge in [0.1, 0.15) is 0 Å².